The number of hydrogen-bond donors (Lipinski definition) is 2. The Morgan fingerprint density at radius 1 is 1.37 bits per heavy atom. The van der Waals surface area contributed by atoms with E-state index in [0.29, 0.717) is 5.69 Å². The highest BCUT2D eigenvalue weighted by Crippen LogP contribution is 2.13. The summed E-state index contributed by atoms with van der Waals surface area (Å²) in [4.78, 5) is 15.5. The topological polar surface area (TPSA) is 114 Å². The molecule has 0 aliphatic heterocycles. The van der Waals surface area contributed by atoms with Gasteiger partial charge in [-0.05, 0) is 28.6 Å². The maximum absolute atomic E-state index is 11.8. The zero-order valence-electron chi connectivity index (χ0n) is 9.56. The summed E-state index contributed by atoms with van der Waals surface area (Å²) in [5.41, 5.74) is 1.34. The number of anilines is 1. The molecule has 19 heavy (non-hydrogen) atoms. The average Bonchev–Trinajstić information content (AvgIpc) is 3.13. The molecule has 0 fully saturated rings. The van der Waals surface area contributed by atoms with Crippen molar-refractivity contribution in [2.24, 2.45) is 0 Å². The Kier molecular flexibility index (Phi) is 2.69. The minimum atomic E-state index is -0.369. The molecule has 0 aliphatic carbocycles. The van der Waals surface area contributed by atoms with Crippen LogP contribution < -0.4 is 5.32 Å². The summed E-state index contributed by atoms with van der Waals surface area (Å²) in [6.45, 7) is 0. The number of tetrazole rings is 1. The SMILES string of the molecule is O=C(Nc1cccc(-n2cnnn2)c1)c1ncn[nH]1. The second-order valence-electron chi connectivity index (χ2n) is 3.59. The lowest BCUT2D eigenvalue weighted by atomic mass is 10.2. The smallest absolute Gasteiger partial charge is 0.292 e. The van der Waals surface area contributed by atoms with Gasteiger partial charge in [-0.1, -0.05) is 6.07 Å². The maximum Gasteiger partial charge on any atom is 0.292 e. The normalized spacial score (nSPS) is 10.3. The molecule has 0 unspecified atom stereocenters. The van der Waals surface area contributed by atoms with E-state index in [4.69, 9.17) is 0 Å². The lowest BCUT2D eigenvalue weighted by molar-refractivity contribution is 0.101. The molecule has 2 aromatic heterocycles. The number of aromatic amines is 1. The molecule has 9 nitrogen and oxygen atoms in total. The number of nitrogens with one attached hydrogen (secondary N) is 2. The molecule has 3 rings (SSSR count). The van der Waals surface area contributed by atoms with Gasteiger partial charge in [-0.3, -0.25) is 9.89 Å². The number of carbonyl (C=O) groups excluding carboxylic acids is 1. The number of rotatable bonds is 3. The predicted octanol–water partition coefficient (Wildman–Crippen LogP) is 0.0327. The van der Waals surface area contributed by atoms with Crippen molar-refractivity contribution in [2.45, 2.75) is 0 Å². The zero-order valence-corrected chi connectivity index (χ0v) is 9.56. The molecule has 0 saturated carbocycles. The van der Waals surface area contributed by atoms with Crippen LogP contribution in [0.25, 0.3) is 5.69 Å². The summed E-state index contributed by atoms with van der Waals surface area (Å²) in [6.07, 6.45) is 2.74. The molecule has 0 atom stereocenters. The molecule has 0 spiro atoms. The van der Waals surface area contributed by atoms with E-state index in [9.17, 15) is 4.79 Å². The van der Waals surface area contributed by atoms with Crippen LogP contribution in [0.1, 0.15) is 10.6 Å². The molecule has 3 aromatic rings. The Morgan fingerprint density at radius 3 is 3.05 bits per heavy atom. The number of carbonyl (C=O) groups is 1. The molecule has 0 aliphatic rings. The van der Waals surface area contributed by atoms with E-state index >= 15 is 0 Å². The Morgan fingerprint density at radius 2 is 2.32 bits per heavy atom. The number of nitrogens with zero attached hydrogens (tertiary/aromatic N) is 6. The van der Waals surface area contributed by atoms with Crippen LogP contribution in [0.5, 0.6) is 0 Å². The molecular weight excluding hydrogens is 248 g/mol. The molecule has 0 radical (unpaired) electrons. The van der Waals surface area contributed by atoms with E-state index in [1.807, 2.05) is 6.07 Å². The van der Waals surface area contributed by atoms with Crippen molar-refractivity contribution >= 4 is 11.6 Å². The van der Waals surface area contributed by atoms with Crippen LogP contribution in [0.4, 0.5) is 5.69 Å². The summed E-state index contributed by atoms with van der Waals surface area (Å²) >= 11 is 0. The summed E-state index contributed by atoms with van der Waals surface area (Å²) in [5, 5.41) is 19.7. The Labute approximate surface area is 106 Å². The van der Waals surface area contributed by atoms with Gasteiger partial charge in [0.05, 0.1) is 5.69 Å². The molecule has 2 N–H and O–H groups in total. The molecule has 1 aromatic carbocycles. The molecule has 2 heterocycles. The van der Waals surface area contributed by atoms with Gasteiger partial charge >= 0.3 is 0 Å². The average molecular weight is 256 g/mol. The Balaban J connectivity index is 1.82. The van der Waals surface area contributed by atoms with Crippen molar-refractivity contribution in [3.63, 3.8) is 0 Å². The van der Waals surface area contributed by atoms with Crippen molar-refractivity contribution in [1.82, 2.24) is 35.4 Å². The summed E-state index contributed by atoms with van der Waals surface area (Å²) in [7, 11) is 0. The molecule has 9 heteroatoms. The van der Waals surface area contributed by atoms with Crippen LogP contribution in [0.15, 0.2) is 36.9 Å². The minimum Gasteiger partial charge on any atom is -0.319 e. The van der Waals surface area contributed by atoms with Gasteiger partial charge in [0.15, 0.2) is 0 Å². The third-order valence-corrected chi connectivity index (χ3v) is 2.35. The van der Waals surface area contributed by atoms with Crippen LogP contribution in [-0.2, 0) is 0 Å². The zero-order chi connectivity index (χ0) is 13.1. The Bertz CT molecular complexity index is 675. The van der Waals surface area contributed by atoms with Gasteiger partial charge in [-0.15, -0.1) is 5.10 Å². The second-order valence-corrected chi connectivity index (χ2v) is 3.59. The molecule has 0 saturated heterocycles. The summed E-state index contributed by atoms with van der Waals surface area (Å²) < 4.78 is 1.49. The van der Waals surface area contributed by atoms with Gasteiger partial charge in [0.2, 0.25) is 5.82 Å². The van der Waals surface area contributed by atoms with E-state index in [1.54, 1.807) is 18.2 Å². The maximum atomic E-state index is 11.8. The Hall–Kier alpha value is -3.10. The van der Waals surface area contributed by atoms with E-state index in [1.165, 1.54) is 17.3 Å². The first kappa shape index (κ1) is 11.0. The highest BCUT2D eigenvalue weighted by atomic mass is 16.2. The fourth-order valence-corrected chi connectivity index (χ4v) is 1.51. The largest absolute Gasteiger partial charge is 0.319 e. The van der Waals surface area contributed by atoms with E-state index in [-0.39, 0.29) is 11.7 Å². The van der Waals surface area contributed by atoms with Gasteiger partial charge in [-0.2, -0.15) is 5.10 Å². The van der Waals surface area contributed by atoms with Gasteiger partial charge in [-0.25, -0.2) is 9.67 Å². The van der Waals surface area contributed by atoms with Gasteiger partial charge in [0.1, 0.15) is 12.7 Å². The van der Waals surface area contributed by atoms with Crippen molar-refractivity contribution in [2.75, 3.05) is 5.32 Å². The van der Waals surface area contributed by atoms with Gasteiger partial charge < -0.3 is 5.32 Å². The predicted molar refractivity (Wildman–Crippen MR) is 63.5 cm³/mol. The molecule has 94 valence electrons. The van der Waals surface area contributed by atoms with Gasteiger partial charge in [0, 0.05) is 5.69 Å². The third kappa shape index (κ3) is 2.29. The third-order valence-electron chi connectivity index (χ3n) is 2.35. The minimum absolute atomic E-state index is 0.146. The lowest BCUT2D eigenvalue weighted by Crippen LogP contribution is -2.14. The van der Waals surface area contributed by atoms with Crippen LogP contribution in [-0.4, -0.2) is 41.3 Å². The number of aromatic nitrogens is 7. The highest BCUT2D eigenvalue weighted by Gasteiger charge is 2.09. The fraction of sp³-hybridized carbons (Fsp3) is 0. The number of hydrogen-bond acceptors (Lipinski definition) is 6. The first-order valence-corrected chi connectivity index (χ1v) is 5.33. The van der Waals surface area contributed by atoms with Crippen molar-refractivity contribution < 1.29 is 4.79 Å². The first-order valence-electron chi connectivity index (χ1n) is 5.33. The van der Waals surface area contributed by atoms with Crippen LogP contribution in [0, 0.1) is 0 Å². The number of H-pyrrole nitrogens is 1. The van der Waals surface area contributed by atoms with Crippen LogP contribution >= 0.6 is 0 Å². The molecular formula is C10H8N8O. The second kappa shape index (κ2) is 4.64. The summed E-state index contributed by atoms with van der Waals surface area (Å²) in [6, 6.07) is 7.10. The number of amides is 1. The quantitative estimate of drug-likeness (QED) is 0.683. The standard InChI is InChI=1S/C10H8N8O/c19-10(9-11-5-12-15-9)14-7-2-1-3-8(4-7)18-6-13-16-17-18/h1-6H,(H,14,19)(H,11,12,15). The van der Waals surface area contributed by atoms with E-state index in [2.05, 4.69) is 36.0 Å². The first-order chi connectivity index (χ1) is 9.33. The van der Waals surface area contributed by atoms with E-state index < -0.39 is 0 Å². The van der Waals surface area contributed by atoms with Crippen LogP contribution in [0.3, 0.4) is 0 Å². The fourth-order valence-electron chi connectivity index (χ4n) is 1.51. The molecule has 1 amide bonds. The van der Waals surface area contributed by atoms with Crippen LogP contribution in [0.2, 0.25) is 0 Å². The number of benzene rings is 1. The van der Waals surface area contributed by atoms with E-state index in [0.717, 1.165) is 5.69 Å². The highest BCUT2D eigenvalue weighted by molar-refractivity contribution is 6.01. The van der Waals surface area contributed by atoms with Gasteiger partial charge in [0.25, 0.3) is 5.91 Å². The monoisotopic (exact) mass is 256 g/mol. The molecule has 0 bridgehead atoms. The lowest BCUT2D eigenvalue weighted by Gasteiger charge is -2.05. The van der Waals surface area contributed by atoms with Crippen molar-refractivity contribution in [1.29, 1.82) is 0 Å². The van der Waals surface area contributed by atoms with Crippen molar-refractivity contribution in [3.05, 3.63) is 42.7 Å². The van der Waals surface area contributed by atoms with Crippen molar-refractivity contribution in [3.8, 4) is 5.69 Å². The summed E-state index contributed by atoms with van der Waals surface area (Å²) in [5.74, 6) is -0.223.